The molecule has 1 saturated heterocycles. The van der Waals surface area contributed by atoms with Gasteiger partial charge in [-0.1, -0.05) is 6.07 Å². The quantitative estimate of drug-likeness (QED) is 0.518. The Morgan fingerprint density at radius 3 is 2.61 bits per heavy atom. The summed E-state index contributed by atoms with van der Waals surface area (Å²) >= 11 is 0. The van der Waals surface area contributed by atoms with Crippen molar-refractivity contribution in [3.05, 3.63) is 54.2 Å². The summed E-state index contributed by atoms with van der Waals surface area (Å²) in [6.07, 6.45) is 7.28. The molecule has 3 aromatic heterocycles. The summed E-state index contributed by atoms with van der Waals surface area (Å²) in [4.78, 5) is 16.4. The summed E-state index contributed by atoms with van der Waals surface area (Å²) in [7, 11) is 3.82. The largest absolute Gasteiger partial charge is 0.355 e. The Labute approximate surface area is 190 Å². The van der Waals surface area contributed by atoms with E-state index >= 15 is 0 Å². The van der Waals surface area contributed by atoms with Crippen molar-refractivity contribution in [3.63, 3.8) is 0 Å². The predicted molar refractivity (Wildman–Crippen MR) is 124 cm³/mol. The monoisotopic (exact) mass is 442 g/mol. The molecule has 1 aliphatic rings. The molecule has 0 radical (unpaired) electrons. The van der Waals surface area contributed by atoms with Gasteiger partial charge in [-0.25, -0.2) is 14.4 Å². The van der Waals surface area contributed by atoms with Gasteiger partial charge in [0.05, 0.1) is 29.3 Å². The zero-order valence-corrected chi connectivity index (χ0v) is 18.5. The molecule has 1 aromatic carbocycles. The topological polar surface area (TPSA) is 95.5 Å². The maximum atomic E-state index is 14.5. The number of fused-ring (bicyclic) bond motifs is 1. The number of piperidine rings is 1. The van der Waals surface area contributed by atoms with Crippen LogP contribution in [0.2, 0.25) is 0 Å². The van der Waals surface area contributed by atoms with E-state index in [-0.39, 0.29) is 5.56 Å². The molecular formula is C24H23FN8. The Morgan fingerprint density at radius 1 is 1.06 bits per heavy atom. The normalized spacial score (nSPS) is 14.5. The minimum absolute atomic E-state index is 0.00278. The van der Waals surface area contributed by atoms with E-state index < -0.39 is 5.82 Å². The average molecular weight is 443 g/mol. The van der Waals surface area contributed by atoms with Crippen LogP contribution in [-0.2, 0) is 7.05 Å². The van der Waals surface area contributed by atoms with E-state index in [4.69, 9.17) is 15.2 Å². The van der Waals surface area contributed by atoms with Crippen LogP contribution < -0.4 is 10.2 Å². The number of aromatic nitrogens is 5. The molecule has 0 saturated carbocycles. The smallest absolute Gasteiger partial charge is 0.157 e. The van der Waals surface area contributed by atoms with Gasteiger partial charge in [-0.05, 0) is 38.1 Å². The third-order valence-corrected chi connectivity index (χ3v) is 6.20. The number of hydrogen-bond donors (Lipinski definition) is 1. The van der Waals surface area contributed by atoms with E-state index in [1.54, 1.807) is 29.3 Å². The van der Waals surface area contributed by atoms with Crippen molar-refractivity contribution in [2.45, 2.75) is 18.9 Å². The lowest BCUT2D eigenvalue weighted by atomic mass is 10.0. The maximum absolute atomic E-state index is 14.5. The number of aryl methyl sites for hydroxylation is 1. The second kappa shape index (κ2) is 8.56. The lowest BCUT2D eigenvalue weighted by molar-refractivity contribution is 0.440. The molecule has 1 N–H and O–H groups in total. The van der Waals surface area contributed by atoms with Gasteiger partial charge in [-0.2, -0.15) is 10.4 Å². The van der Waals surface area contributed by atoms with Gasteiger partial charge >= 0.3 is 0 Å². The highest BCUT2D eigenvalue weighted by atomic mass is 19.1. The first-order valence-electron chi connectivity index (χ1n) is 10.8. The SMILES string of the molecule is CNC1CCN(c2cnc(-c3cnc4c(cnn4C)c3)c(-c3ccc(C#N)c(F)c3)n2)CC1. The van der Waals surface area contributed by atoms with Crippen LogP contribution in [0.1, 0.15) is 18.4 Å². The van der Waals surface area contributed by atoms with Gasteiger partial charge in [-0.15, -0.1) is 0 Å². The number of anilines is 1. The molecule has 0 spiro atoms. The van der Waals surface area contributed by atoms with Crippen LogP contribution in [-0.4, -0.2) is 50.9 Å². The van der Waals surface area contributed by atoms with Crippen LogP contribution in [0, 0.1) is 17.1 Å². The fourth-order valence-corrected chi connectivity index (χ4v) is 4.27. The molecule has 1 aliphatic heterocycles. The zero-order chi connectivity index (χ0) is 22.9. The summed E-state index contributed by atoms with van der Waals surface area (Å²) in [5, 5.41) is 17.6. The molecule has 0 atom stereocenters. The molecular weight excluding hydrogens is 419 g/mol. The van der Waals surface area contributed by atoms with Gasteiger partial charge in [0.1, 0.15) is 17.7 Å². The van der Waals surface area contributed by atoms with E-state index in [0.29, 0.717) is 23.0 Å². The van der Waals surface area contributed by atoms with Crippen LogP contribution in [0.15, 0.2) is 42.9 Å². The number of nitriles is 1. The lowest BCUT2D eigenvalue weighted by Crippen LogP contribution is -2.41. The number of halogens is 1. The molecule has 0 amide bonds. The van der Waals surface area contributed by atoms with Gasteiger partial charge in [0.25, 0.3) is 0 Å². The highest BCUT2D eigenvalue weighted by Crippen LogP contribution is 2.33. The van der Waals surface area contributed by atoms with E-state index in [9.17, 15) is 4.39 Å². The fourth-order valence-electron chi connectivity index (χ4n) is 4.27. The number of benzene rings is 1. The molecule has 4 heterocycles. The van der Waals surface area contributed by atoms with E-state index in [1.165, 1.54) is 12.1 Å². The standard InChI is InChI=1S/C24H23FN8/c1-27-19-5-7-33(8-6-19)21-14-28-22(17-9-18-13-30-32(2)24(18)29-12-17)23(31-21)15-3-4-16(11-26)20(25)10-15/h3-4,9-10,12-14,19,27H,5-8H2,1-2H3. The number of hydrogen-bond acceptors (Lipinski definition) is 7. The molecule has 0 aliphatic carbocycles. The molecule has 9 heteroatoms. The van der Waals surface area contributed by atoms with Crippen LogP contribution in [0.4, 0.5) is 10.2 Å². The van der Waals surface area contributed by atoms with Crippen LogP contribution >= 0.6 is 0 Å². The van der Waals surface area contributed by atoms with E-state index in [2.05, 4.69) is 20.3 Å². The maximum Gasteiger partial charge on any atom is 0.157 e. The molecule has 8 nitrogen and oxygen atoms in total. The third-order valence-electron chi connectivity index (χ3n) is 6.20. The molecule has 0 unspecified atom stereocenters. The van der Waals surface area contributed by atoms with Gasteiger partial charge < -0.3 is 10.2 Å². The summed E-state index contributed by atoms with van der Waals surface area (Å²) in [6.45, 7) is 1.73. The summed E-state index contributed by atoms with van der Waals surface area (Å²) < 4.78 is 16.2. The number of nitrogens with one attached hydrogen (secondary N) is 1. The summed E-state index contributed by atoms with van der Waals surface area (Å²) in [5.74, 6) is 0.173. The second-order valence-electron chi connectivity index (χ2n) is 8.19. The number of pyridine rings is 1. The minimum Gasteiger partial charge on any atom is -0.355 e. The Bertz CT molecular complexity index is 1360. The molecule has 4 aromatic rings. The van der Waals surface area contributed by atoms with Gasteiger partial charge in [0.15, 0.2) is 5.65 Å². The second-order valence-corrected chi connectivity index (χ2v) is 8.19. The Balaban J connectivity index is 1.61. The first kappa shape index (κ1) is 21.0. The van der Waals surface area contributed by atoms with Crippen molar-refractivity contribution < 1.29 is 4.39 Å². The van der Waals surface area contributed by atoms with Gasteiger partial charge in [0, 0.05) is 48.9 Å². The van der Waals surface area contributed by atoms with Gasteiger partial charge in [-0.3, -0.25) is 9.67 Å². The van der Waals surface area contributed by atoms with Crippen molar-refractivity contribution in [1.82, 2.24) is 30.0 Å². The van der Waals surface area contributed by atoms with Crippen LogP contribution in [0.5, 0.6) is 0 Å². The first-order chi connectivity index (χ1) is 16.1. The van der Waals surface area contributed by atoms with Crippen molar-refractivity contribution in [2.24, 2.45) is 7.05 Å². The Kier molecular flexibility index (Phi) is 5.44. The zero-order valence-electron chi connectivity index (χ0n) is 18.5. The Hall–Kier alpha value is -3.90. The van der Waals surface area contributed by atoms with Crippen LogP contribution in [0.25, 0.3) is 33.5 Å². The minimum atomic E-state index is -0.580. The molecule has 166 valence electrons. The summed E-state index contributed by atoms with van der Waals surface area (Å²) in [6, 6.07) is 8.86. The first-order valence-corrected chi connectivity index (χ1v) is 10.8. The van der Waals surface area contributed by atoms with E-state index in [1.807, 2.05) is 26.2 Å². The van der Waals surface area contributed by atoms with Crippen LogP contribution in [0.3, 0.4) is 0 Å². The van der Waals surface area contributed by atoms with Crippen molar-refractivity contribution in [1.29, 1.82) is 5.26 Å². The Morgan fingerprint density at radius 2 is 1.88 bits per heavy atom. The molecule has 1 fully saturated rings. The highest BCUT2D eigenvalue weighted by Gasteiger charge is 2.22. The van der Waals surface area contributed by atoms with Crippen molar-refractivity contribution >= 4 is 16.9 Å². The number of nitrogens with zero attached hydrogens (tertiary/aromatic N) is 7. The average Bonchev–Trinajstić information content (AvgIpc) is 3.23. The summed E-state index contributed by atoms with van der Waals surface area (Å²) in [5.41, 5.74) is 3.25. The van der Waals surface area contributed by atoms with E-state index in [0.717, 1.165) is 48.3 Å². The molecule has 5 rings (SSSR count). The molecule has 33 heavy (non-hydrogen) atoms. The van der Waals surface area contributed by atoms with Crippen molar-refractivity contribution in [3.8, 4) is 28.6 Å². The lowest BCUT2D eigenvalue weighted by Gasteiger charge is -2.32. The van der Waals surface area contributed by atoms with Gasteiger partial charge in [0.2, 0.25) is 0 Å². The number of rotatable bonds is 4. The fraction of sp³-hybridized carbons (Fsp3) is 0.292. The predicted octanol–water partition coefficient (Wildman–Crippen LogP) is 3.29. The third kappa shape index (κ3) is 3.90. The highest BCUT2D eigenvalue weighted by molar-refractivity contribution is 5.85. The molecule has 0 bridgehead atoms. The van der Waals surface area contributed by atoms with Crippen molar-refractivity contribution in [2.75, 3.05) is 25.0 Å².